The van der Waals surface area contributed by atoms with Gasteiger partial charge in [0.2, 0.25) is 0 Å². The van der Waals surface area contributed by atoms with Crippen LogP contribution in [0.1, 0.15) is 27.9 Å². The summed E-state index contributed by atoms with van der Waals surface area (Å²) in [5, 5.41) is 0. The van der Waals surface area contributed by atoms with Crippen LogP contribution in [-0.2, 0) is 36.9 Å². The van der Waals surface area contributed by atoms with E-state index in [-0.39, 0.29) is 32.0 Å². The number of amides is 2. The number of ether oxygens (including phenoxy) is 3. The highest BCUT2D eigenvalue weighted by atomic mass is 16.6. The quantitative estimate of drug-likeness (QED) is 0.402. The molecule has 0 spiro atoms. The summed E-state index contributed by atoms with van der Waals surface area (Å²) in [6.07, 6.45) is -0.307. The fourth-order valence-electron chi connectivity index (χ4n) is 4.30. The second kappa shape index (κ2) is 12.1. The van der Waals surface area contributed by atoms with Gasteiger partial charge in [0.05, 0.1) is 38.4 Å². The molecular weight excluding hydrogens is 488 g/mol. The van der Waals surface area contributed by atoms with Crippen molar-refractivity contribution < 1.29 is 33.4 Å². The van der Waals surface area contributed by atoms with Crippen LogP contribution >= 0.6 is 0 Å². The molecule has 38 heavy (non-hydrogen) atoms. The number of esters is 2. The molecule has 2 amide bonds. The Bertz CT molecular complexity index is 1330. The SMILES string of the molecule is COC(=O)COc1cccc(CN2C(=O)c3ccccc3N(Cc3ccccc3)C(=O)[C@@H]2CC(=O)OC)c1. The summed E-state index contributed by atoms with van der Waals surface area (Å²) < 4.78 is 15.0. The van der Waals surface area contributed by atoms with Crippen LogP contribution in [0.5, 0.6) is 5.75 Å². The van der Waals surface area contributed by atoms with Crippen molar-refractivity contribution in [2.24, 2.45) is 0 Å². The molecule has 9 heteroatoms. The maximum atomic E-state index is 14.0. The van der Waals surface area contributed by atoms with Crippen LogP contribution in [0.3, 0.4) is 0 Å². The van der Waals surface area contributed by atoms with Gasteiger partial charge in [0.15, 0.2) is 6.61 Å². The zero-order valence-electron chi connectivity index (χ0n) is 21.2. The molecule has 0 fully saturated rings. The van der Waals surface area contributed by atoms with Crippen molar-refractivity contribution in [3.8, 4) is 5.75 Å². The van der Waals surface area contributed by atoms with E-state index in [0.29, 0.717) is 22.6 Å². The monoisotopic (exact) mass is 516 g/mol. The Morgan fingerprint density at radius 3 is 2.21 bits per heavy atom. The number of fused-ring (bicyclic) bond motifs is 1. The summed E-state index contributed by atoms with van der Waals surface area (Å²) in [4.78, 5) is 54.8. The predicted octanol–water partition coefficient (Wildman–Crippen LogP) is 3.36. The molecule has 3 aromatic carbocycles. The highest BCUT2D eigenvalue weighted by Crippen LogP contribution is 2.32. The van der Waals surface area contributed by atoms with Crippen LogP contribution in [0, 0.1) is 0 Å². The number of para-hydroxylation sites is 1. The van der Waals surface area contributed by atoms with E-state index in [1.807, 2.05) is 30.3 Å². The van der Waals surface area contributed by atoms with Gasteiger partial charge in [0.1, 0.15) is 11.8 Å². The van der Waals surface area contributed by atoms with E-state index >= 15 is 0 Å². The lowest BCUT2D eigenvalue weighted by Crippen LogP contribution is -2.49. The first-order chi connectivity index (χ1) is 18.4. The normalized spacial score (nSPS) is 14.9. The van der Waals surface area contributed by atoms with Gasteiger partial charge in [-0.25, -0.2) is 4.79 Å². The number of hydrogen-bond acceptors (Lipinski definition) is 7. The number of carbonyl (C=O) groups excluding carboxylic acids is 4. The van der Waals surface area contributed by atoms with Gasteiger partial charge in [-0.05, 0) is 35.4 Å². The Labute approximate surface area is 220 Å². The molecule has 1 aliphatic rings. The minimum atomic E-state index is -1.11. The third-order valence-electron chi connectivity index (χ3n) is 6.22. The van der Waals surface area contributed by atoms with Gasteiger partial charge in [0.25, 0.3) is 11.8 Å². The van der Waals surface area contributed by atoms with Gasteiger partial charge in [-0.2, -0.15) is 0 Å². The first-order valence-corrected chi connectivity index (χ1v) is 12.0. The van der Waals surface area contributed by atoms with Gasteiger partial charge in [0, 0.05) is 6.54 Å². The van der Waals surface area contributed by atoms with Gasteiger partial charge in [-0.15, -0.1) is 0 Å². The fourth-order valence-corrected chi connectivity index (χ4v) is 4.30. The lowest BCUT2D eigenvalue weighted by atomic mass is 10.1. The number of hydrogen-bond donors (Lipinski definition) is 0. The van der Waals surface area contributed by atoms with Crippen molar-refractivity contribution in [1.29, 1.82) is 0 Å². The molecule has 1 aliphatic heterocycles. The number of methoxy groups -OCH3 is 2. The molecular formula is C29H28N2O7. The van der Waals surface area contributed by atoms with E-state index in [1.54, 1.807) is 53.4 Å². The fraction of sp³-hybridized carbons (Fsp3) is 0.241. The van der Waals surface area contributed by atoms with Gasteiger partial charge in [-0.3, -0.25) is 14.4 Å². The molecule has 4 rings (SSSR count). The van der Waals surface area contributed by atoms with E-state index in [2.05, 4.69) is 4.74 Å². The molecule has 0 N–H and O–H groups in total. The molecule has 1 atom stereocenters. The zero-order valence-corrected chi connectivity index (χ0v) is 21.2. The average molecular weight is 517 g/mol. The van der Waals surface area contributed by atoms with Crippen LogP contribution in [-0.4, -0.2) is 55.5 Å². The summed E-state index contributed by atoms with van der Waals surface area (Å²) in [7, 11) is 2.51. The van der Waals surface area contributed by atoms with E-state index < -0.39 is 23.9 Å². The number of anilines is 1. The topological polar surface area (TPSA) is 102 Å². The molecule has 1 heterocycles. The molecule has 3 aromatic rings. The maximum Gasteiger partial charge on any atom is 0.343 e. The van der Waals surface area contributed by atoms with Crippen molar-refractivity contribution in [3.63, 3.8) is 0 Å². The first-order valence-electron chi connectivity index (χ1n) is 12.0. The van der Waals surface area contributed by atoms with E-state index in [9.17, 15) is 19.2 Å². The average Bonchev–Trinajstić information content (AvgIpc) is 3.02. The van der Waals surface area contributed by atoms with E-state index in [4.69, 9.17) is 9.47 Å². The summed E-state index contributed by atoms with van der Waals surface area (Å²) in [6.45, 7) is -0.0185. The Kier molecular flexibility index (Phi) is 8.37. The molecule has 0 radical (unpaired) electrons. The molecule has 0 aliphatic carbocycles. The van der Waals surface area contributed by atoms with Gasteiger partial charge < -0.3 is 24.0 Å². The molecule has 9 nitrogen and oxygen atoms in total. The minimum absolute atomic E-state index is 0.0230. The Hall–Kier alpha value is -4.66. The number of rotatable bonds is 9. The number of carbonyl (C=O) groups is 4. The predicted molar refractivity (Wildman–Crippen MR) is 138 cm³/mol. The third-order valence-corrected chi connectivity index (χ3v) is 6.22. The van der Waals surface area contributed by atoms with Gasteiger partial charge in [-0.1, -0.05) is 54.6 Å². The smallest absolute Gasteiger partial charge is 0.343 e. The second-order valence-electron chi connectivity index (χ2n) is 8.67. The van der Waals surface area contributed by atoms with Crippen LogP contribution in [0.25, 0.3) is 0 Å². The third kappa shape index (κ3) is 6.00. The van der Waals surface area contributed by atoms with Crippen molar-refractivity contribution in [2.45, 2.75) is 25.6 Å². The first kappa shape index (κ1) is 26.4. The standard InChI is InChI=1S/C29H28N2O7/c1-36-26(32)16-25-29(35)30(17-20-9-4-3-5-10-20)24-14-7-6-13-23(24)28(34)31(25)18-21-11-8-12-22(15-21)38-19-27(33)37-2/h3-15,25H,16-19H2,1-2H3/t25-/m0/s1. The molecule has 0 unspecified atom stereocenters. The van der Waals surface area contributed by atoms with Crippen molar-refractivity contribution in [3.05, 3.63) is 95.6 Å². The van der Waals surface area contributed by atoms with Crippen molar-refractivity contribution >= 4 is 29.4 Å². The molecule has 0 saturated carbocycles. The summed E-state index contributed by atoms with van der Waals surface area (Å²) in [6, 6.07) is 22.1. The highest BCUT2D eigenvalue weighted by Gasteiger charge is 2.40. The van der Waals surface area contributed by atoms with E-state index in [1.165, 1.54) is 19.1 Å². The minimum Gasteiger partial charge on any atom is -0.482 e. The second-order valence-corrected chi connectivity index (χ2v) is 8.67. The Balaban J connectivity index is 1.72. The van der Waals surface area contributed by atoms with Crippen molar-refractivity contribution in [2.75, 3.05) is 25.7 Å². The Morgan fingerprint density at radius 1 is 0.789 bits per heavy atom. The molecule has 0 bridgehead atoms. The molecule has 0 saturated heterocycles. The van der Waals surface area contributed by atoms with Crippen LogP contribution in [0.2, 0.25) is 0 Å². The number of benzene rings is 3. The number of nitrogens with zero attached hydrogens (tertiary/aromatic N) is 2. The lowest BCUT2D eigenvalue weighted by Gasteiger charge is -2.30. The zero-order chi connectivity index (χ0) is 27.1. The van der Waals surface area contributed by atoms with E-state index in [0.717, 1.165) is 5.56 Å². The summed E-state index contributed by atoms with van der Waals surface area (Å²) in [5.74, 6) is -1.52. The lowest BCUT2D eigenvalue weighted by molar-refractivity contribution is -0.144. The van der Waals surface area contributed by atoms with Crippen LogP contribution in [0.15, 0.2) is 78.9 Å². The largest absolute Gasteiger partial charge is 0.482 e. The van der Waals surface area contributed by atoms with Crippen LogP contribution < -0.4 is 9.64 Å². The Morgan fingerprint density at radius 2 is 1.47 bits per heavy atom. The highest BCUT2D eigenvalue weighted by molar-refractivity contribution is 6.11. The summed E-state index contributed by atoms with van der Waals surface area (Å²) >= 11 is 0. The summed E-state index contributed by atoms with van der Waals surface area (Å²) in [5.41, 5.74) is 2.35. The van der Waals surface area contributed by atoms with Crippen molar-refractivity contribution in [1.82, 2.24) is 4.90 Å². The maximum absolute atomic E-state index is 14.0. The van der Waals surface area contributed by atoms with Crippen LogP contribution in [0.4, 0.5) is 5.69 Å². The molecule has 196 valence electrons. The van der Waals surface area contributed by atoms with Gasteiger partial charge >= 0.3 is 11.9 Å². The molecule has 0 aromatic heterocycles.